The average Bonchev–Trinajstić information content (AvgIpc) is 2.80. The van der Waals surface area contributed by atoms with Gasteiger partial charge < -0.3 is 0 Å². The van der Waals surface area contributed by atoms with Crippen LogP contribution < -0.4 is 0 Å². The predicted molar refractivity (Wildman–Crippen MR) is 89.8 cm³/mol. The predicted octanol–water partition coefficient (Wildman–Crippen LogP) is 5.60. The summed E-state index contributed by atoms with van der Waals surface area (Å²) in [5.41, 5.74) is 5.36. The number of hydrogen-bond donors (Lipinski definition) is 0. The van der Waals surface area contributed by atoms with Gasteiger partial charge in [-0.25, -0.2) is 4.98 Å². The highest BCUT2D eigenvalue weighted by Gasteiger charge is 2.17. The van der Waals surface area contributed by atoms with E-state index >= 15 is 0 Å². The van der Waals surface area contributed by atoms with Crippen LogP contribution in [0.5, 0.6) is 0 Å². The summed E-state index contributed by atoms with van der Waals surface area (Å²) in [7, 11) is 0. The molecule has 2 nitrogen and oxygen atoms in total. The summed E-state index contributed by atoms with van der Waals surface area (Å²) in [6.07, 6.45) is 0. The third kappa shape index (κ3) is 2.54. The number of aromatic nitrogens is 2. The van der Waals surface area contributed by atoms with Gasteiger partial charge in [0.05, 0.1) is 22.1 Å². The molecule has 0 saturated heterocycles. The molecule has 21 heavy (non-hydrogen) atoms. The van der Waals surface area contributed by atoms with Crippen molar-refractivity contribution < 1.29 is 0 Å². The molecule has 1 unspecified atom stereocenters. The summed E-state index contributed by atoms with van der Waals surface area (Å²) in [6, 6.07) is 12.1. The lowest BCUT2D eigenvalue weighted by Gasteiger charge is -2.14. The van der Waals surface area contributed by atoms with Crippen molar-refractivity contribution in [2.24, 2.45) is 0 Å². The highest BCUT2D eigenvalue weighted by molar-refractivity contribution is 6.30. The Kier molecular flexibility index (Phi) is 3.68. The minimum Gasteiger partial charge on any atom is -0.295 e. The number of alkyl halides is 1. The first-order valence-electron chi connectivity index (χ1n) is 6.87. The van der Waals surface area contributed by atoms with Crippen molar-refractivity contribution in [3.05, 3.63) is 58.4 Å². The zero-order valence-electron chi connectivity index (χ0n) is 12.2. The molecule has 1 atom stereocenters. The van der Waals surface area contributed by atoms with Gasteiger partial charge in [0.2, 0.25) is 0 Å². The van der Waals surface area contributed by atoms with Gasteiger partial charge in [-0.1, -0.05) is 23.7 Å². The highest BCUT2D eigenvalue weighted by atomic mass is 35.5. The van der Waals surface area contributed by atoms with Crippen LogP contribution in [0.2, 0.25) is 5.02 Å². The number of aryl methyl sites for hydroxylation is 2. The molecule has 1 aromatic heterocycles. The second kappa shape index (κ2) is 5.36. The van der Waals surface area contributed by atoms with Crippen LogP contribution in [-0.4, -0.2) is 9.55 Å². The average molecular weight is 319 g/mol. The Labute approximate surface area is 134 Å². The minimum absolute atomic E-state index is 0.184. The van der Waals surface area contributed by atoms with E-state index in [2.05, 4.69) is 35.5 Å². The molecule has 0 aliphatic rings. The Bertz CT molecular complexity index is 819. The Hall–Kier alpha value is -1.51. The number of fused-ring (bicyclic) bond motifs is 1. The first kappa shape index (κ1) is 14.4. The SMILES string of the molecule is Cc1ccc2nc(C(C)Cl)n(-c3cc(Cl)ccc3C)c2c1. The summed E-state index contributed by atoms with van der Waals surface area (Å²) >= 11 is 12.5. The third-order valence-corrected chi connectivity index (χ3v) is 4.03. The molecule has 0 N–H and O–H groups in total. The molecule has 0 amide bonds. The summed E-state index contributed by atoms with van der Waals surface area (Å²) in [5.74, 6) is 0.836. The normalized spacial score (nSPS) is 12.8. The van der Waals surface area contributed by atoms with Gasteiger partial charge in [0.25, 0.3) is 0 Å². The number of rotatable bonds is 2. The second-order valence-corrected chi connectivity index (χ2v) is 6.44. The number of imidazole rings is 1. The molecule has 0 spiro atoms. The van der Waals surface area contributed by atoms with Crippen molar-refractivity contribution in [2.45, 2.75) is 26.1 Å². The lowest BCUT2D eigenvalue weighted by atomic mass is 10.1. The summed E-state index contributed by atoms with van der Waals surface area (Å²) < 4.78 is 2.11. The van der Waals surface area contributed by atoms with Crippen LogP contribution in [0.4, 0.5) is 0 Å². The van der Waals surface area contributed by atoms with Gasteiger partial charge in [0.1, 0.15) is 5.82 Å². The molecule has 1 heterocycles. The van der Waals surface area contributed by atoms with Gasteiger partial charge in [-0.2, -0.15) is 0 Å². The lowest BCUT2D eigenvalue weighted by Crippen LogP contribution is -2.03. The molecule has 0 aliphatic carbocycles. The molecule has 108 valence electrons. The molecule has 0 bridgehead atoms. The van der Waals surface area contributed by atoms with E-state index in [4.69, 9.17) is 23.2 Å². The van der Waals surface area contributed by atoms with E-state index in [-0.39, 0.29) is 5.38 Å². The number of nitrogens with zero attached hydrogens (tertiary/aromatic N) is 2. The molecule has 3 rings (SSSR count). The maximum atomic E-state index is 6.35. The molecule has 0 aliphatic heterocycles. The van der Waals surface area contributed by atoms with Crippen LogP contribution in [0.1, 0.15) is 29.3 Å². The van der Waals surface area contributed by atoms with Gasteiger partial charge in [0.15, 0.2) is 0 Å². The monoisotopic (exact) mass is 318 g/mol. The van der Waals surface area contributed by atoms with Gasteiger partial charge in [-0.15, -0.1) is 11.6 Å². The fourth-order valence-electron chi connectivity index (χ4n) is 2.55. The van der Waals surface area contributed by atoms with Crippen molar-refractivity contribution in [1.29, 1.82) is 0 Å². The van der Waals surface area contributed by atoms with Gasteiger partial charge >= 0.3 is 0 Å². The van der Waals surface area contributed by atoms with Crippen molar-refractivity contribution in [3.8, 4) is 5.69 Å². The topological polar surface area (TPSA) is 17.8 Å². The van der Waals surface area contributed by atoms with Crippen LogP contribution in [0.15, 0.2) is 36.4 Å². The van der Waals surface area contributed by atoms with Crippen molar-refractivity contribution >= 4 is 34.2 Å². The van der Waals surface area contributed by atoms with E-state index in [0.717, 1.165) is 28.1 Å². The molecular formula is C17H16Cl2N2. The number of halogens is 2. The van der Waals surface area contributed by atoms with Crippen LogP contribution in [0.3, 0.4) is 0 Å². The quantitative estimate of drug-likeness (QED) is 0.563. The van der Waals surface area contributed by atoms with E-state index < -0.39 is 0 Å². The van der Waals surface area contributed by atoms with Crippen molar-refractivity contribution in [2.75, 3.05) is 0 Å². The van der Waals surface area contributed by atoms with Gasteiger partial charge in [-0.3, -0.25) is 4.57 Å². The molecule has 4 heteroatoms. The molecule has 0 saturated carbocycles. The fraction of sp³-hybridized carbons (Fsp3) is 0.235. The van der Waals surface area contributed by atoms with Crippen LogP contribution in [0.25, 0.3) is 16.7 Å². The Balaban J connectivity index is 2.41. The molecule has 3 aromatic rings. The van der Waals surface area contributed by atoms with Crippen molar-refractivity contribution in [1.82, 2.24) is 9.55 Å². The number of hydrogen-bond acceptors (Lipinski definition) is 1. The first-order chi connectivity index (χ1) is 9.97. The Morgan fingerprint density at radius 2 is 1.86 bits per heavy atom. The molecule has 2 aromatic carbocycles. The van der Waals surface area contributed by atoms with Crippen LogP contribution >= 0.6 is 23.2 Å². The van der Waals surface area contributed by atoms with E-state index in [1.54, 1.807) is 0 Å². The smallest absolute Gasteiger partial charge is 0.132 e. The second-order valence-electron chi connectivity index (χ2n) is 5.34. The summed E-state index contributed by atoms with van der Waals surface area (Å²) in [5, 5.41) is 0.523. The Morgan fingerprint density at radius 3 is 2.57 bits per heavy atom. The molecule has 0 fully saturated rings. The highest BCUT2D eigenvalue weighted by Crippen LogP contribution is 2.31. The molecular weight excluding hydrogens is 303 g/mol. The Morgan fingerprint density at radius 1 is 1.10 bits per heavy atom. The third-order valence-electron chi connectivity index (χ3n) is 3.60. The fourth-order valence-corrected chi connectivity index (χ4v) is 2.86. The van der Waals surface area contributed by atoms with Crippen LogP contribution in [0, 0.1) is 13.8 Å². The lowest BCUT2D eigenvalue weighted by molar-refractivity contribution is 0.878. The largest absolute Gasteiger partial charge is 0.295 e. The van der Waals surface area contributed by atoms with E-state index in [1.165, 1.54) is 5.56 Å². The first-order valence-corrected chi connectivity index (χ1v) is 7.68. The van der Waals surface area contributed by atoms with Crippen molar-refractivity contribution in [3.63, 3.8) is 0 Å². The minimum atomic E-state index is -0.184. The summed E-state index contributed by atoms with van der Waals surface area (Å²) in [6.45, 7) is 6.08. The summed E-state index contributed by atoms with van der Waals surface area (Å²) in [4.78, 5) is 4.69. The van der Waals surface area contributed by atoms with Crippen LogP contribution in [-0.2, 0) is 0 Å². The van der Waals surface area contributed by atoms with E-state index in [1.807, 2.05) is 31.2 Å². The number of benzene rings is 2. The molecule has 0 radical (unpaired) electrons. The zero-order valence-corrected chi connectivity index (χ0v) is 13.7. The van der Waals surface area contributed by atoms with Gasteiger partial charge in [0, 0.05) is 5.02 Å². The standard InChI is InChI=1S/C17H16Cl2N2/c1-10-4-7-14-16(8-10)21(17(20-14)12(3)18)15-9-13(19)6-5-11(15)2/h4-9,12H,1-3H3. The van der Waals surface area contributed by atoms with E-state index in [9.17, 15) is 0 Å². The maximum absolute atomic E-state index is 6.35. The maximum Gasteiger partial charge on any atom is 0.132 e. The van der Waals surface area contributed by atoms with E-state index in [0.29, 0.717) is 5.02 Å². The van der Waals surface area contributed by atoms with Gasteiger partial charge in [-0.05, 0) is 56.2 Å². The zero-order chi connectivity index (χ0) is 15.1.